The standard InChI is InChI=1S/C16H18N4O/c1-10-17-15(19-18-10)12-6-7-20(9-12)16(21)14-8-11-4-2-3-5-13(11)14/h2-5,12,14H,6-9H2,1H3,(H,17,18,19). The van der Waals surface area contributed by atoms with Gasteiger partial charge in [-0.15, -0.1) is 0 Å². The molecule has 2 aliphatic rings. The molecule has 1 aromatic heterocycles. The number of aromatic amines is 1. The van der Waals surface area contributed by atoms with Gasteiger partial charge in [0.1, 0.15) is 5.82 Å². The second-order valence-corrected chi connectivity index (χ2v) is 6.00. The number of benzene rings is 1. The van der Waals surface area contributed by atoms with Gasteiger partial charge in [0, 0.05) is 19.0 Å². The van der Waals surface area contributed by atoms with Gasteiger partial charge in [-0.25, -0.2) is 4.98 Å². The summed E-state index contributed by atoms with van der Waals surface area (Å²) in [5.74, 6) is 2.28. The topological polar surface area (TPSA) is 61.9 Å². The predicted octanol–water partition coefficient (Wildman–Crippen LogP) is 1.77. The van der Waals surface area contributed by atoms with Crippen molar-refractivity contribution in [1.82, 2.24) is 20.1 Å². The zero-order valence-electron chi connectivity index (χ0n) is 12.0. The molecule has 2 unspecified atom stereocenters. The molecule has 1 aliphatic heterocycles. The number of H-pyrrole nitrogens is 1. The van der Waals surface area contributed by atoms with E-state index in [0.717, 1.165) is 37.6 Å². The van der Waals surface area contributed by atoms with E-state index in [0.29, 0.717) is 0 Å². The quantitative estimate of drug-likeness (QED) is 0.913. The van der Waals surface area contributed by atoms with Gasteiger partial charge >= 0.3 is 0 Å². The summed E-state index contributed by atoms with van der Waals surface area (Å²) in [6, 6.07) is 8.24. The number of likely N-dealkylation sites (tertiary alicyclic amines) is 1. The van der Waals surface area contributed by atoms with Crippen LogP contribution in [0.15, 0.2) is 24.3 Å². The second-order valence-electron chi connectivity index (χ2n) is 6.00. The molecule has 1 amide bonds. The number of hydrogen-bond donors (Lipinski definition) is 1. The third kappa shape index (κ3) is 2.04. The Hall–Kier alpha value is -2.17. The van der Waals surface area contributed by atoms with Gasteiger partial charge in [0.05, 0.1) is 5.92 Å². The van der Waals surface area contributed by atoms with Gasteiger partial charge in [-0.1, -0.05) is 24.3 Å². The zero-order valence-corrected chi connectivity index (χ0v) is 12.0. The highest BCUT2D eigenvalue weighted by Crippen LogP contribution is 2.37. The number of carbonyl (C=O) groups is 1. The maximum Gasteiger partial charge on any atom is 0.230 e. The van der Waals surface area contributed by atoms with E-state index in [2.05, 4.69) is 27.3 Å². The number of aryl methyl sites for hydroxylation is 1. The number of amides is 1. The summed E-state index contributed by atoms with van der Waals surface area (Å²) in [7, 11) is 0. The summed E-state index contributed by atoms with van der Waals surface area (Å²) in [4.78, 5) is 19.0. The van der Waals surface area contributed by atoms with Crippen molar-refractivity contribution >= 4 is 5.91 Å². The number of nitrogens with zero attached hydrogens (tertiary/aromatic N) is 3. The van der Waals surface area contributed by atoms with Crippen molar-refractivity contribution < 1.29 is 4.79 Å². The molecule has 108 valence electrons. The lowest BCUT2D eigenvalue weighted by Crippen LogP contribution is -2.38. The molecule has 0 spiro atoms. The van der Waals surface area contributed by atoms with Crippen molar-refractivity contribution in [2.45, 2.75) is 31.6 Å². The zero-order chi connectivity index (χ0) is 14.4. The Morgan fingerprint density at radius 2 is 2.24 bits per heavy atom. The molecule has 21 heavy (non-hydrogen) atoms. The molecule has 5 heteroatoms. The first-order chi connectivity index (χ1) is 10.2. The van der Waals surface area contributed by atoms with Crippen molar-refractivity contribution in [3.05, 3.63) is 47.0 Å². The van der Waals surface area contributed by atoms with Crippen LogP contribution in [-0.4, -0.2) is 39.1 Å². The van der Waals surface area contributed by atoms with Crippen molar-refractivity contribution in [2.75, 3.05) is 13.1 Å². The van der Waals surface area contributed by atoms with E-state index < -0.39 is 0 Å². The molecule has 0 bridgehead atoms. The molecule has 0 saturated carbocycles. The van der Waals surface area contributed by atoms with Crippen LogP contribution in [0.2, 0.25) is 0 Å². The van der Waals surface area contributed by atoms with Gasteiger partial charge in [-0.05, 0) is 30.9 Å². The summed E-state index contributed by atoms with van der Waals surface area (Å²) in [5, 5.41) is 7.12. The minimum absolute atomic E-state index is 0.0637. The van der Waals surface area contributed by atoms with Crippen LogP contribution in [-0.2, 0) is 11.2 Å². The fraction of sp³-hybridized carbons (Fsp3) is 0.438. The van der Waals surface area contributed by atoms with Gasteiger partial charge in [0.2, 0.25) is 5.91 Å². The Kier molecular flexibility index (Phi) is 2.80. The summed E-state index contributed by atoms with van der Waals surface area (Å²) < 4.78 is 0. The van der Waals surface area contributed by atoms with Crippen LogP contribution >= 0.6 is 0 Å². The lowest BCUT2D eigenvalue weighted by Gasteiger charge is -2.32. The third-order valence-corrected chi connectivity index (χ3v) is 4.63. The number of hydrogen-bond acceptors (Lipinski definition) is 3. The molecule has 1 saturated heterocycles. The van der Waals surface area contributed by atoms with Gasteiger partial charge in [-0.2, -0.15) is 5.10 Å². The largest absolute Gasteiger partial charge is 0.341 e. The highest BCUT2D eigenvalue weighted by molar-refractivity contribution is 5.87. The molecular weight excluding hydrogens is 264 g/mol. The smallest absolute Gasteiger partial charge is 0.230 e. The number of fused-ring (bicyclic) bond motifs is 1. The molecule has 5 nitrogen and oxygen atoms in total. The highest BCUT2D eigenvalue weighted by atomic mass is 16.2. The molecule has 1 aliphatic carbocycles. The van der Waals surface area contributed by atoms with E-state index in [1.165, 1.54) is 11.1 Å². The molecule has 0 radical (unpaired) electrons. The lowest BCUT2D eigenvalue weighted by atomic mass is 9.77. The SMILES string of the molecule is Cc1nc(C2CCN(C(=O)C3Cc4ccccc43)C2)n[nH]1. The Balaban J connectivity index is 1.46. The lowest BCUT2D eigenvalue weighted by molar-refractivity contribution is -0.132. The van der Waals surface area contributed by atoms with Gasteiger partial charge < -0.3 is 4.90 Å². The van der Waals surface area contributed by atoms with Gasteiger partial charge in [0.25, 0.3) is 0 Å². The summed E-state index contributed by atoms with van der Waals surface area (Å²) >= 11 is 0. The van der Waals surface area contributed by atoms with Crippen molar-refractivity contribution in [3.8, 4) is 0 Å². The fourth-order valence-corrected chi connectivity index (χ4v) is 3.41. The molecule has 1 N–H and O–H groups in total. The average Bonchev–Trinajstić information content (AvgIpc) is 3.08. The molecule has 1 fully saturated rings. The highest BCUT2D eigenvalue weighted by Gasteiger charge is 2.38. The Bertz CT molecular complexity index is 693. The average molecular weight is 282 g/mol. The van der Waals surface area contributed by atoms with Crippen LogP contribution in [0.25, 0.3) is 0 Å². The fourth-order valence-electron chi connectivity index (χ4n) is 3.41. The Labute approximate surface area is 123 Å². The number of nitrogens with one attached hydrogen (secondary N) is 1. The first kappa shape index (κ1) is 12.6. The van der Waals surface area contributed by atoms with Crippen molar-refractivity contribution in [2.24, 2.45) is 0 Å². The minimum Gasteiger partial charge on any atom is -0.341 e. The van der Waals surface area contributed by atoms with Crippen LogP contribution in [0.3, 0.4) is 0 Å². The number of aromatic nitrogens is 3. The Morgan fingerprint density at radius 1 is 1.38 bits per heavy atom. The summed E-state index contributed by atoms with van der Waals surface area (Å²) in [6.45, 7) is 3.46. The first-order valence-electron chi connectivity index (χ1n) is 7.48. The van der Waals surface area contributed by atoms with E-state index in [-0.39, 0.29) is 17.7 Å². The van der Waals surface area contributed by atoms with E-state index in [9.17, 15) is 4.79 Å². The summed E-state index contributed by atoms with van der Waals surface area (Å²) in [5.41, 5.74) is 2.52. The van der Waals surface area contributed by atoms with E-state index in [1.807, 2.05) is 24.0 Å². The number of carbonyl (C=O) groups excluding carboxylic acids is 1. The Morgan fingerprint density at radius 3 is 3.00 bits per heavy atom. The second kappa shape index (κ2) is 4.69. The molecule has 1 aromatic carbocycles. The van der Waals surface area contributed by atoms with Crippen molar-refractivity contribution in [3.63, 3.8) is 0 Å². The molecular formula is C16H18N4O. The van der Waals surface area contributed by atoms with Crippen LogP contribution < -0.4 is 0 Å². The third-order valence-electron chi connectivity index (χ3n) is 4.63. The molecule has 2 heterocycles. The molecule has 2 aromatic rings. The van der Waals surface area contributed by atoms with Crippen LogP contribution in [0, 0.1) is 6.92 Å². The van der Waals surface area contributed by atoms with Gasteiger partial charge in [-0.3, -0.25) is 9.89 Å². The predicted molar refractivity (Wildman–Crippen MR) is 77.9 cm³/mol. The summed E-state index contributed by atoms with van der Waals surface area (Å²) in [6.07, 6.45) is 1.84. The normalized spacial score (nSPS) is 23.8. The van der Waals surface area contributed by atoms with Crippen LogP contribution in [0.5, 0.6) is 0 Å². The maximum absolute atomic E-state index is 12.6. The monoisotopic (exact) mass is 282 g/mol. The minimum atomic E-state index is 0.0637. The molecule has 4 rings (SSSR count). The molecule has 2 atom stereocenters. The number of rotatable bonds is 2. The van der Waals surface area contributed by atoms with E-state index >= 15 is 0 Å². The van der Waals surface area contributed by atoms with Crippen molar-refractivity contribution in [1.29, 1.82) is 0 Å². The van der Waals surface area contributed by atoms with E-state index in [1.54, 1.807) is 0 Å². The maximum atomic E-state index is 12.6. The van der Waals surface area contributed by atoms with E-state index in [4.69, 9.17) is 0 Å². The van der Waals surface area contributed by atoms with Gasteiger partial charge in [0.15, 0.2) is 5.82 Å². The van der Waals surface area contributed by atoms with Crippen LogP contribution in [0.1, 0.15) is 41.0 Å². The first-order valence-corrected chi connectivity index (χ1v) is 7.48. The van der Waals surface area contributed by atoms with Crippen LogP contribution in [0.4, 0.5) is 0 Å².